The summed E-state index contributed by atoms with van der Waals surface area (Å²) in [6, 6.07) is 1.73. The van der Waals surface area contributed by atoms with Crippen LogP contribution in [0.1, 0.15) is 37.8 Å². The van der Waals surface area contributed by atoms with Gasteiger partial charge in [-0.2, -0.15) is 0 Å². The molecule has 5 nitrogen and oxygen atoms in total. The molecule has 1 aromatic heterocycles. The molecule has 1 unspecified atom stereocenters. The van der Waals surface area contributed by atoms with Crippen LogP contribution in [0.4, 0.5) is 0 Å². The lowest BCUT2D eigenvalue weighted by atomic mass is 9.83. The van der Waals surface area contributed by atoms with Gasteiger partial charge in [-0.25, -0.2) is 0 Å². The van der Waals surface area contributed by atoms with Gasteiger partial charge in [-0.05, 0) is 18.1 Å². The smallest absolute Gasteiger partial charge is 0.137 e. The van der Waals surface area contributed by atoms with Gasteiger partial charge in [0.2, 0.25) is 0 Å². The predicted molar refractivity (Wildman–Crippen MR) is 76.7 cm³/mol. The second kappa shape index (κ2) is 7.02. The summed E-state index contributed by atoms with van der Waals surface area (Å²) in [6.07, 6.45) is 6.07. The van der Waals surface area contributed by atoms with Gasteiger partial charge < -0.3 is 19.9 Å². The number of aromatic nitrogens is 1. The second-order valence-corrected chi connectivity index (χ2v) is 5.16. The third kappa shape index (κ3) is 3.29. The fourth-order valence-electron chi connectivity index (χ4n) is 2.57. The Kier molecular flexibility index (Phi) is 5.34. The lowest BCUT2D eigenvalue weighted by Gasteiger charge is -2.40. The van der Waals surface area contributed by atoms with Crippen LogP contribution in [0.2, 0.25) is 0 Å². The number of hydrogen-bond acceptors (Lipinski definition) is 5. The second-order valence-electron chi connectivity index (χ2n) is 5.16. The van der Waals surface area contributed by atoms with E-state index in [0.717, 1.165) is 30.6 Å². The van der Waals surface area contributed by atoms with Crippen molar-refractivity contribution < 1.29 is 14.2 Å². The molecule has 1 fully saturated rings. The number of nitrogens with two attached hydrogens (primary N) is 1. The molecule has 5 heteroatoms. The lowest BCUT2D eigenvalue weighted by molar-refractivity contribution is -0.105. The highest BCUT2D eigenvalue weighted by Crippen LogP contribution is 2.36. The van der Waals surface area contributed by atoms with Gasteiger partial charge in [0.25, 0.3) is 0 Å². The van der Waals surface area contributed by atoms with Crippen molar-refractivity contribution in [1.29, 1.82) is 0 Å². The van der Waals surface area contributed by atoms with Crippen LogP contribution in [0.15, 0.2) is 18.5 Å². The Morgan fingerprint density at radius 3 is 2.80 bits per heavy atom. The number of rotatable bonds is 6. The van der Waals surface area contributed by atoms with E-state index in [-0.39, 0.29) is 11.6 Å². The first kappa shape index (κ1) is 15.2. The van der Waals surface area contributed by atoms with Gasteiger partial charge in [0.15, 0.2) is 0 Å². The predicted octanol–water partition coefficient (Wildman–Crippen LogP) is 2.07. The summed E-state index contributed by atoms with van der Waals surface area (Å²) in [7, 11) is 1.72. The summed E-state index contributed by atoms with van der Waals surface area (Å²) in [5, 5.41) is 0. The van der Waals surface area contributed by atoms with Crippen LogP contribution < -0.4 is 10.5 Å². The van der Waals surface area contributed by atoms with E-state index in [4.69, 9.17) is 19.9 Å². The van der Waals surface area contributed by atoms with Crippen molar-refractivity contribution in [1.82, 2.24) is 4.98 Å². The maximum absolute atomic E-state index is 6.44. The van der Waals surface area contributed by atoms with Gasteiger partial charge in [-0.1, -0.05) is 6.92 Å². The SMILES string of the molecule is CCCOc1cncc(C(N)C2(OC)CCOCC2)c1. The third-order valence-electron chi connectivity index (χ3n) is 3.88. The van der Waals surface area contributed by atoms with E-state index in [1.807, 2.05) is 6.07 Å². The Balaban J connectivity index is 2.16. The molecular formula is C15H24N2O3. The molecule has 1 aliphatic rings. The van der Waals surface area contributed by atoms with E-state index >= 15 is 0 Å². The molecule has 0 bridgehead atoms. The minimum Gasteiger partial charge on any atom is -0.492 e. The first-order chi connectivity index (χ1) is 9.72. The average molecular weight is 280 g/mol. The van der Waals surface area contributed by atoms with Crippen LogP contribution in [0.5, 0.6) is 5.75 Å². The third-order valence-corrected chi connectivity index (χ3v) is 3.88. The zero-order valence-electron chi connectivity index (χ0n) is 12.3. The largest absolute Gasteiger partial charge is 0.492 e. The minimum absolute atomic E-state index is 0.228. The van der Waals surface area contributed by atoms with Crippen LogP contribution >= 0.6 is 0 Å². The molecule has 1 aromatic rings. The number of nitrogens with zero attached hydrogens (tertiary/aromatic N) is 1. The lowest BCUT2D eigenvalue weighted by Crippen LogP contribution is -2.47. The van der Waals surface area contributed by atoms with Crippen molar-refractivity contribution in [2.75, 3.05) is 26.9 Å². The molecule has 2 rings (SSSR count). The Labute approximate surface area is 120 Å². The Bertz CT molecular complexity index is 419. The van der Waals surface area contributed by atoms with Crippen LogP contribution in [0, 0.1) is 0 Å². The Morgan fingerprint density at radius 1 is 1.40 bits per heavy atom. The monoisotopic (exact) mass is 280 g/mol. The normalized spacial score (nSPS) is 19.6. The summed E-state index contributed by atoms with van der Waals surface area (Å²) in [4.78, 5) is 4.23. The Morgan fingerprint density at radius 2 is 2.15 bits per heavy atom. The van der Waals surface area contributed by atoms with Crippen molar-refractivity contribution in [3.8, 4) is 5.75 Å². The van der Waals surface area contributed by atoms with Crippen molar-refractivity contribution in [2.24, 2.45) is 5.73 Å². The van der Waals surface area contributed by atoms with E-state index in [1.54, 1.807) is 19.5 Å². The van der Waals surface area contributed by atoms with Gasteiger partial charge in [0, 0.05) is 39.4 Å². The van der Waals surface area contributed by atoms with Crippen molar-refractivity contribution in [3.63, 3.8) is 0 Å². The van der Waals surface area contributed by atoms with Gasteiger partial charge in [0.1, 0.15) is 5.75 Å². The van der Waals surface area contributed by atoms with Crippen molar-refractivity contribution >= 4 is 0 Å². The highest BCUT2D eigenvalue weighted by Gasteiger charge is 2.39. The average Bonchev–Trinajstić information content (AvgIpc) is 2.53. The standard InChI is InChI=1S/C15H24N2O3/c1-3-6-20-13-9-12(10-17-11-13)14(16)15(18-2)4-7-19-8-5-15/h9-11,14H,3-8,16H2,1-2H3. The Hall–Kier alpha value is -1.17. The number of pyridine rings is 1. The number of hydrogen-bond donors (Lipinski definition) is 1. The molecule has 1 aliphatic heterocycles. The zero-order chi connectivity index (χ0) is 14.4. The summed E-state index contributed by atoms with van der Waals surface area (Å²) in [6.45, 7) is 4.12. The van der Waals surface area contributed by atoms with Crippen LogP contribution in [-0.4, -0.2) is 37.5 Å². The quantitative estimate of drug-likeness (QED) is 0.864. The van der Waals surface area contributed by atoms with E-state index < -0.39 is 0 Å². The van der Waals surface area contributed by atoms with E-state index in [1.165, 1.54) is 0 Å². The fourth-order valence-corrected chi connectivity index (χ4v) is 2.57. The molecule has 0 radical (unpaired) electrons. The van der Waals surface area contributed by atoms with Crippen molar-refractivity contribution in [3.05, 3.63) is 24.0 Å². The maximum atomic E-state index is 6.44. The molecular weight excluding hydrogens is 256 g/mol. The molecule has 1 saturated heterocycles. The summed E-state index contributed by atoms with van der Waals surface area (Å²) >= 11 is 0. The summed E-state index contributed by atoms with van der Waals surface area (Å²) < 4.78 is 16.8. The number of ether oxygens (including phenoxy) is 3. The van der Waals surface area contributed by atoms with Crippen LogP contribution in [0.25, 0.3) is 0 Å². The van der Waals surface area contributed by atoms with Gasteiger partial charge in [-0.3, -0.25) is 4.98 Å². The van der Waals surface area contributed by atoms with Gasteiger partial charge in [-0.15, -0.1) is 0 Å². The van der Waals surface area contributed by atoms with Crippen LogP contribution in [0.3, 0.4) is 0 Å². The highest BCUT2D eigenvalue weighted by molar-refractivity contribution is 5.28. The molecule has 20 heavy (non-hydrogen) atoms. The molecule has 2 N–H and O–H groups in total. The van der Waals surface area contributed by atoms with Gasteiger partial charge in [0.05, 0.1) is 24.4 Å². The maximum Gasteiger partial charge on any atom is 0.137 e. The highest BCUT2D eigenvalue weighted by atomic mass is 16.5. The fraction of sp³-hybridized carbons (Fsp3) is 0.667. The van der Waals surface area contributed by atoms with Crippen molar-refractivity contribution in [2.45, 2.75) is 37.8 Å². The first-order valence-electron chi connectivity index (χ1n) is 7.18. The van der Waals surface area contributed by atoms with E-state index in [9.17, 15) is 0 Å². The summed E-state index contributed by atoms with van der Waals surface area (Å²) in [5.74, 6) is 0.762. The van der Waals surface area contributed by atoms with Crippen LogP contribution in [-0.2, 0) is 9.47 Å². The molecule has 0 aromatic carbocycles. The first-order valence-corrected chi connectivity index (χ1v) is 7.18. The summed E-state index contributed by atoms with van der Waals surface area (Å²) in [5.41, 5.74) is 7.01. The van der Waals surface area contributed by atoms with E-state index in [0.29, 0.717) is 19.8 Å². The molecule has 0 aliphatic carbocycles. The molecule has 0 spiro atoms. The van der Waals surface area contributed by atoms with E-state index in [2.05, 4.69) is 11.9 Å². The zero-order valence-corrected chi connectivity index (χ0v) is 12.3. The molecule has 0 amide bonds. The molecule has 112 valence electrons. The molecule has 1 atom stereocenters. The molecule has 2 heterocycles. The number of methoxy groups -OCH3 is 1. The minimum atomic E-state index is -0.372. The van der Waals surface area contributed by atoms with Gasteiger partial charge >= 0.3 is 0 Å². The topological polar surface area (TPSA) is 66.6 Å². The molecule has 0 saturated carbocycles.